The number of rotatable bonds is 8. The lowest BCUT2D eigenvalue weighted by atomic mass is 10.3. The third kappa shape index (κ3) is 5.05. The highest BCUT2D eigenvalue weighted by Gasteiger charge is 2.16. The second-order valence-electron chi connectivity index (χ2n) is 5.42. The SMILES string of the molecule is COCCCNC(=O)c1sc(CCN2CCCC2)nc1C. The van der Waals surface area contributed by atoms with Crippen LogP contribution in [0.5, 0.6) is 0 Å². The fourth-order valence-electron chi connectivity index (χ4n) is 2.53. The first kappa shape index (κ1) is 16.4. The van der Waals surface area contributed by atoms with E-state index in [9.17, 15) is 4.79 Å². The molecule has 118 valence electrons. The molecule has 6 heteroatoms. The van der Waals surface area contributed by atoms with Crippen molar-refractivity contribution >= 4 is 17.2 Å². The fraction of sp³-hybridized carbons (Fsp3) is 0.733. The Morgan fingerprint density at radius 2 is 2.19 bits per heavy atom. The zero-order valence-electron chi connectivity index (χ0n) is 13.0. The highest BCUT2D eigenvalue weighted by Crippen LogP contribution is 2.19. The van der Waals surface area contributed by atoms with Gasteiger partial charge >= 0.3 is 0 Å². The number of carbonyl (C=O) groups excluding carboxylic acids is 1. The molecular weight excluding hydrogens is 286 g/mol. The molecule has 0 radical (unpaired) electrons. The average molecular weight is 311 g/mol. The standard InChI is InChI=1S/C15H25N3O2S/c1-12-14(15(19)16-7-5-11-20-2)21-13(17-12)6-10-18-8-3-4-9-18/h3-11H2,1-2H3,(H,16,19). The summed E-state index contributed by atoms with van der Waals surface area (Å²) in [5.74, 6) is -0.00599. The van der Waals surface area contributed by atoms with Crippen molar-refractivity contribution in [3.63, 3.8) is 0 Å². The van der Waals surface area contributed by atoms with Crippen molar-refractivity contribution < 1.29 is 9.53 Å². The van der Waals surface area contributed by atoms with Gasteiger partial charge in [0.2, 0.25) is 0 Å². The predicted molar refractivity (Wildman–Crippen MR) is 85.1 cm³/mol. The van der Waals surface area contributed by atoms with Gasteiger partial charge in [-0.15, -0.1) is 11.3 Å². The van der Waals surface area contributed by atoms with E-state index in [1.54, 1.807) is 7.11 Å². The summed E-state index contributed by atoms with van der Waals surface area (Å²) in [6.45, 7) is 6.70. The Labute approximate surface area is 130 Å². The van der Waals surface area contributed by atoms with Gasteiger partial charge in [0, 0.05) is 33.2 Å². The van der Waals surface area contributed by atoms with Gasteiger partial charge in [-0.1, -0.05) is 0 Å². The number of nitrogens with one attached hydrogen (secondary N) is 1. The van der Waals surface area contributed by atoms with E-state index in [1.165, 1.54) is 37.3 Å². The summed E-state index contributed by atoms with van der Waals surface area (Å²) >= 11 is 1.53. The van der Waals surface area contributed by atoms with Crippen molar-refractivity contribution in [3.8, 4) is 0 Å². The molecule has 1 N–H and O–H groups in total. The number of ether oxygens (including phenoxy) is 1. The lowest BCUT2D eigenvalue weighted by molar-refractivity contribution is 0.0952. The van der Waals surface area contributed by atoms with Crippen LogP contribution in [0.2, 0.25) is 0 Å². The molecule has 0 unspecified atom stereocenters. The Hall–Kier alpha value is -0.980. The monoisotopic (exact) mass is 311 g/mol. The molecule has 1 aromatic heterocycles. The lowest BCUT2D eigenvalue weighted by Crippen LogP contribution is -2.25. The average Bonchev–Trinajstić information content (AvgIpc) is 3.10. The first-order valence-corrected chi connectivity index (χ1v) is 8.48. The lowest BCUT2D eigenvalue weighted by Gasteiger charge is -2.12. The number of nitrogens with zero attached hydrogens (tertiary/aromatic N) is 2. The maximum atomic E-state index is 12.1. The second kappa shape index (κ2) is 8.46. The summed E-state index contributed by atoms with van der Waals surface area (Å²) in [6.07, 6.45) is 4.41. The zero-order valence-corrected chi connectivity index (χ0v) is 13.8. The predicted octanol–water partition coefficient (Wildman–Crippen LogP) is 1.86. The number of amides is 1. The van der Waals surface area contributed by atoms with E-state index in [1.807, 2.05) is 6.92 Å². The van der Waals surface area contributed by atoms with Gasteiger partial charge in [-0.05, 0) is 39.3 Å². The number of likely N-dealkylation sites (tertiary alicyclic amines) is 1. The third-order valence-corrected chi connectivity index (χ3v) is 4.91. The third-order valence-electron chi connectivity index (χ3n) is 3.70. The van der Waals surface area contributed by atoms with Crippen LogP contribution < -0.4 is 5.32 Å². The van der Waals surface area contributed by atoms with Crippen LogP contribution in [0.25, 0.3) is 0 Å². The maximum absolute atomic E-state index is 12.1. The smallest absolute Gasteiger partial charge is 0.263 e. The molecule has 1 aliphatic heterocycles. The summed E-state index contributed by atoms with van der Waals surface area (Å²) in [6, 6.07) is 0. The van der Waals surface area contributed by atoms with Crippen LogP contribution in [0.3, 0.4) is 0 Å². The first-order chi connectivity index (χ1) is 10.2. The largest absolute Gasteiger partial charge is 0.385 e. The molecule has 1 aliphatic rings. The summed E-state index contributed by atoms with van der Waals surface area (Å²) in [5.41, 5.74) is 0.848. The highest BCUT2D eigenvalue weighted by molar-refractivity contribution is 7.13. The van der Waals surface area contributed by atoms with Crippen LogP contribution in [-0.4, -0.2) is 55.7 Å². The van der Waals surface area contributed by atoms with Crippen molar-refractivity contribution in [2.45, 2.75) is 32.6 Å². The molecule has 1 saturated heterocycles. The molecule has 5 nitrogen and oxygen atoms in total. The molecule has 0 bridgehead atoms. The minimum Gasteiger partial charge on any atom is -0.385 e. The van der Waals surface area contributed by atoms with E-state index in [2.05, 4.69) is 15.2 Å². The first-order valence-electron chi connectivity index (χ1n) is 7.66. The van der Waals surface area contributed by atoms with Crippen LogP contribution >= 0.6 is 11.3 Å². The quantitative estimate of drug-likeness (QED) is 0.745. The van der Waals surface area contributed by atoms with E-state index in [0.717, 1.165) is 35.0 Å². The number of hydrogen-bond acceptors (Lipinski definition) is 5. The number of thiazole rings is 1. The number of aryl methyl sites for hydroxylation is 1. The molecule has 0 aromatic carbocycles. The van der Waals surface area contributed by atoms with E-state index in [0.29, 0.717) is 13.2 Å². The molecule has 2 rings (SSSR count). The number of hydrogen-bond donors (Lipinski definition) is 1. The van der Waals surface area contributed by atoms with E-state index in [-0.39, 0.29) is 5.91 Å². The number of methoxy groups -OCH3 is 1. The number of carbonyl (C=O) groups is 1. The Morgan fingerprint density at radius 1 is 1.43 bits per heavy atom. The molecule has 0 spiro atoms. The number of aromatic nitrogens is 1. The van der Waals surface area contributed by atoms with Gasteiger partial charge in [0.05, 0.1) is 10.7 Å². The zero-order chi connectivity index (χ0) is 15.1. The molecule has 0 saturated carbocycles. The van der Waals surface area contributed by atoms with Crippen molar-refractivity contribution in [1.82, 2.24) is 15.2 Å². The molecular formula is C15H25N3O2S. The van der Waals surface area contributed by atoms with Crippen molar-refractivity contribution in [3.05, 3.63) is 15.6 Å². The van der Waals surface area contributed by atoms with Crippen molar-refractivity contribution in [2.75, 3.05) is 39.9 Å². The van der Waals surface area contributed by atoms with Gasteiger partial charge in [0.25, 0.3) is 5.91 Å². The Bertz CT molecular complexity index is 456. The molecule has 21 heavy (non-hydrogen) atoms. The normalized spacial score (nSPS) is 15.5. The van der Waals surface area contributed by atoms with Crippen LogP contribution in [-0.2, 0) is 11.2 Å². The molecule has 1 fully saturated rings. The summed E-state index contributed by atoms with van der Waals surface area (Å²) in [4.78, 5) is 19.9. The molecule has 0 atom stereocenters. The van der Waals surface area contributed by atoms with Crippen LogP contribution in [0, 0.1) is 6.92 Å². The van der Waals surface area contributed by atoms with E-state index in [4.69, 9.17) is 4.74 Å². The molecule has 2 heterocycles. The summed E-state index contributed by atoms with van der Waals surface area (Å²) in [7, 11) is 1.67. The van der Waals surface area contributed by atoms with E-state index < -0.39 is 0 Å². The van der Waals surface area contributed by atoms with Gasteiger partial charge in [0.1, 0.15) is 4.88 Å². The maximum Gasteiger partial charge on any atom is 0.263 e. The molecule has 0 aliphatic carbocycles. The minimum absolute atomic E-state index is 0.00599. The van der Waals surface area contributed by atoms with E-state index >= 15 is 0 Å². The van der Waals surface area contributed by atoms with Gasteiger partial charge in [-0.3, -0.25) is 4.79 Å². The summed E-state index contributed by atoms with van der Waals surface area (Å²) < 4.78 is 4.97. The van der Waals surface area contributed by atoms with Crippen molar-refractivity contribution in [1.29, 1.82) is 0 Å². The summed E-state index contributed by atoms with van der Waals surface area (Å²) in [5, 5.41) is 4.00. The Morgan fingerprint density at radius 3 is 2.90 bits per heavy atom. The topological polar surface area (TPSA) is 54.5 Å². The van der Waals surface area contributed by atoms with Crippen molar-refractivity contribution in [2.24, 2.45) is 0 Å². The second-order valence-corrected chi connectivity index (χ2v) is 6.51. The minimum atomic E-state index is -0.00599. The van der Waals surface area contributed by atoms with Gasteiger partial charge < -0.3 is 15.0 Å². The fourth-order valence-corrected chi connectivity index (χ4v) is 3.50. The van der Waals surface area contributed by atoms with Gasteiger partial charge in [-0.2, -0.15) is 0 Å². The van der Waals surface area contributed by atoms with Crippen LogP contribution in [0.15, 0.2) is 0 Å². The van der Waals surface area contributed by atoms with Gasteiger partial charge in [-0.25, -0.2) is 4.98 Å². The molecule has 1 aromatic rings. The highest BCUT2D eigenvalue weighted by atomic mass is 32.1. The van der Waals surface area contributed by atoms with Crippen LogP contribution in [0.1, 0.15) is 39.6 Å². The van der Waals surface area contributed by atoms with Gasteiger partial charge in [0.15, 0.2) is 0 Å². The Kier molecular flexibility index (Phi) is 6.60. The molecule has 1 amide bonds. The Balaban J connectivity index is 1.81. The van der Waals surface area contributed by atoms with Crippen LogP contribution in [0.4, 0.5) is 0 Å².